The van der Waals surface area contributed by atoms with Gasteiger partial charge in [0.15, 0.2) is 0 Å². The summed E-state index contributed by atoms with van der Waals surface area (Å²) in [6.45, 7) is 6.34. The molecule has 4 aliphatic carbocycles. The lowest BCUT2D eigenvalue weighted by molar-refractivity contribution is -0.196. The molecule has 3 atom stereocenters. The average Bonchev–Trinajstić information content (AvgIpc) is 2.88. The molecule has 0 radical (unpaired) electrons. The largest absolute Gasteiger partial charge is 0.462 e. The zero-order valence-corrected chi connectivity index (χ0v) is 9.88. The second-order valence-electron chi connectivity index (χ2n) is 6.37. The lowest BCUT2D eigenvalue weighted by atomic mass is 9.43. The third-order valence-electron chi connectivity index (χ3n) is 5.44. The topological polar surface area (TPSA) is 26.3 Å². The monoisotopic (exact) mass is 208 g/mol. The summed E-state index contributed by atoms with van der Waals surface area (Å²) in [5.41, 5.74) is 0.900. The second kappa shape index (κ2) is 2.58. The third kappa shape index (κ3) is 1.08. The van der Waals surface area contributed by atoms with Crippen LogP contribution in [0.1, 0.15) is 46.5 Å². The van der Waals surface area contributed by atoms with Crippen molar-refractivity contribution in [2.24, 2.45) is 22.7 Å². The van der Waals surface area contributed by atoms with Crippen LogP contribution in [-0.4, -0.2) is 12.1 Å². The Hall–Kier alpha value is -0.530. The number of fused-ring (bicyclic) bond motifs is 1. The summed E-state index contributed by atoms with van der Waals surface area (Å²) >= 11 is 0. The van der Waals surface area contributed by atoms with Crippen molar-refractivity contribution in [2.75, 3.05) is 0 Å². The third-order valence-corrected chi connectivity index (χ3v) is 5.44. The van der Waals surface area contributed by atoms with Crippen molar-refractivity contribution in [3.63, 3.8) is 0 Å². The summed E-state index contributed by atoms with van der Waals surface area (Å²) in [6.07, 6.45) is 5.30. The van der Waals surface area contributed by atoms with Gasteiger partial charge in [-0.05, 0) is 42.9 Å². The van der Waals surface area contributed by atoms with Crippen molar-refractivity contribution in [3.05, 3.63) is 0 Å². The van der Waals surface area contributed by atoms with Gasteiger partial charge >= 0.3 is 5.97 Å². The highest BCUT2D eigenvalue weighted by molar-refractivity contribution is 5.66. The van der Waals surface area contributed by atoms with E-state index in [1.807, 2.05) is 0 Å². The first-order valence-corrected chi connectivity index (χ1v) is 6.14. The molecule has 4 saturated carbocycles. The molecule has 1 spiro atoms. The van der Waals surface area contributed by atoms with Crippen LogP contribution in [-0.2, 0) is 9.53 Å². The van der Waals surface area contributed by atoms with Gasteiger partial charge in [0.1, 0.15) is 6.10 Å². The molecule has 0 N–H and O–H groups in total. The molecule has 84 valence electrons. The van der Waals surface area contributed by atoms with Gasteiger partial charge < -0.3 is 4.74 Å². The maximum absolute atomic E-state index is 11.1. The van der Waals surface area contributed by atoms with Crippen molar-refractivity contribution in [1.82, 2.24) is 0 Å². The van der Waals surface area contributed by atoms with Crippen LogP contribution in [0.25, 0.3) is 0 Å². The summed E-state index contributed by atoms with van der Waals surface area (Å²) < 4.78 is 5.52. The van der Waals surface area contributed by atoms with Crippen molar-refractivity contribution >= 4 is 5.97 Å². The average molecular weight is 208 g/mol. The first kappa shape index (κ1) is 9.68. The van der Waals surface area contributed by atoms with Gasteiger partial charge in [-0.2, -0.15) is 0 Å². The van der Waals surface area contributed by atoms with E-state index in [1.165, 1.54) is 19.3 Å². The lowest BCUT2D eigenvalue weighted by Gasteiger charge is -2.62. The molecular formula is C13H20O2. The van der Waals surface area contributed by atoms with Crippen molar-refractivity contribution in [1.29, 1.82) is 0 Å². The summed E-state index contributed by atoms with van der Waals surface area (Å²) in [5.74, 6) is 1.51. The molecule has 4 fully saturated rings. The molecule has 4 aliphatic rings. The SMILES string of the molecule is CC(=O)O[C@@H]1C[C@@H]2C[C@@H](C2(C)C)C12CC2. The molecule has 2 heteroatoms. The van der Waals surface area contributed by atoms with Crippen LogP contribution in [0, 0.1) is 22.7 Å². The van der Waals surface area contributed by atoms with E-state index >= 15 is 0 Å². The van der Waals surface area contributed by atoms with E-state index in [-0.39, 0.29) is 12.1 Å². The van der Waals surface area contributed by atoms with Crippen LogP contribution in [0.2, 0.25) is 0 Å². The van der Waals surface area contributed by atoms with Gasteiger partial charge in [0.05, 0.1) is 0 Å². The van der Waals surface area contributed by atoms with Crippen molar-refractivity contribution in [2.45, 2.75) is 52.6 Å². The predicted molar refractivity (Wildman–Crippen MR) is 57.2 cm³/mol. The Balaban J connectivity index is 1.83. The maximum atomic E-state index is 11.1. The molecule has 0 unspecified atom stereocenters. The minimum absolute atomic E-state index is 0.0922. The van der Waals surface area contributed by atoms with E-state index < -0.39 is 0 Å². The van der Waals surface area contributed by atoms with Crippen molar-refractivity contribution in [3.8, 4) is 0 Å². The Bertz CT molecular complexity index is 314. The number of carbonyl (C=O) groups is 1. The molecule has 0 heterocycles. The number of esters is 1. The Labute approximate surface area is 91.4 Å². The van der Waals surface area contributed by atoms with Crippen molar-refractivity contribution < 1.29 is 9.53 Å². The molecule has 0 aromatic rings. The quantitative estimate of drug-likeness (QED) is 0.619. The molecule has 0 aliphatic heterocycles. The zero-order chi connectivity index (χ0) is 10.8. The van der Waals surface area contributed by atoms with Gasteiger partial charge in [-0.15, -0.1) is 0 Å². The highest BCUT2D eigenvalue weighted by Crippen LogP contribution is 2.74. The molecule has 2 bridgehead atoms. The van der Waals surface area contributed by atoms with Crippen LogP contribution in [0.3, 0.4) is 0 Å². The zero-order valence-electron chi connectivity index (χ0n) is 9.88. The normalized spacial score (nSPS) is 43.3. The van der Waals surface area contributed by atoms with Crippen LogP contribution >= 0.6 is 0 Å². The minimum Gasteiger partial charge on any atom is -0.462 e. The Morgan fingerprint density at radius 2 is 1.93 bits per heavy atom. The van der Waals surface area contributed by atoms with Crippen LogP contribution in [0.15, 0.2) is 0 Å². The number of hydrogen-bond donors (Lipinski definition) is 0. The minimum atomic E-state index is -0.0922. The summed E-state index contributed by atoms with van der Waals surface area (Å²) in [5, 5.41) is 0. The molecule has 15 heavy (non-hydrogen) atoms. The highest BCUT2D eigenvalue weighted by atomic mass is 16.5. The first-order valence-electron chi connectivity index (χ1n) is 6.14. The molecular weight excluding hydrogens is 188 g/mol. The first-order chi connectivity index (χ1) is 6.97. The maximum Gasteiger partial charge on any atom is 0.302 e. The van der Waals surface area contributed by atoms with Crippen LogP contribution < -0.4 is 0 Å². The fourth-order valence-corrected chi connectivity index (χ4v) is 4.29. The van der Waals surface area contributed by atoms with E-state index in [0.717, 1.165) is 18.3 Å². The molecule has 0 amide bonds. The number of ether oxygens (including phenoxy) is 1. The fraction of sp³-hybridized carbons (Fsp3) is 0.923. The highest BCUT2D eigenvalue weighted by Gasteiger charge is 2.70. The number of rotatable bonds is 1. The van der Waals surface area contributed by atoms with E-state index in [1.54, 1.807) is 6.92 Å². The second-order valence-corrected chi connectivity index (χ2v) is 6.37. The van der Waals surface area contributed by atoms with E-state index in [9.17, 15) is 4.79 Å². The molecule has 0 saturated heterocycles. The van der Waals surface area contributed by atoms with Gasteiger partial charge in [0.2, 0.25) is 0 Å². The summed E-state index contributed by atoms with van der Waals surface area (Å²) in [6, 6.07) is 0. The Morgan fingerprint density at radius 3 is 2.40 bits per heavy atom. The van der Waals surface area contributed by atoms with Gasteiger partial charge in [-0.1, -0.05) is 13.8 Å². The summed E-state index contributed by atoms with van der Waals surface area (Å²) in [7, 11) is 0. The van der Waals surface area contributed by atoms with Gasteiger partial charge in [-0.25, -0.2) is 0 Å². The van der Waals surface area contributed by atoms with Gasteiger partial charge in [0.25, 0.3) is 0 Å². The fourth-order valence-electron chi connectivity index (χ4n) is 4.29. The molecule has 4 rings (SSSR count). The summed E-state index contributed by atoms with van der Waals surface area (Å²) in [4.78, 5) is 11.1. The predicted octanol–water partition coefficient (Wildman–Crippen LogP) is 2.76. The van der Waals surface area contributed by atoms with Gasteiger partial charge in [-0.3, -0.25) is 4.79 Å². The molecule has 0 aromatic heterocycles. The van der Waals surface area contributed by atoms with Gasteiger partial charge in [0, 0.05) is 12.3 Å². The Morgan fingerprint density at radius 1 is 1.27 bits per heavy atom. The van der Waals surface area contributed by atoms with E-state index in [2.05, 4.69) is 13.8 Å². The van der Waals surface area contributed by atoms with Crippen LogP contribution in [0.5, 0.6) is 0 Å². The molecule has 0 aromatic carbocycles. The number of hydrogen-bond acceptors (Lipinski definition) is 2. The smallest absolute Gasteiger partial charge is 0.302 e. The van der Waals surface area contributed by atoms with E-state index in [0.29, 0.717) is 10.8 Å². The lowest BCUT2D eigenvalue weighted by Crippen LogP contribution is -2.59. The standard InChI is InChI=1S/C13H20O2/c1-8(14)15-11-7-9-6-10(12(9,2)3)13(11)4-5-13/h9-11H,4-7H2,1-3H3/t9-,10-,11+/m0/s1. The van der Waals surface area contributed by atoms with Crippen LogP contribution in [0.4, 0.5) is 0 Å². The number of carbonyl (C=O) groups excluding carboxylic acids is 1. The Kier molecular flexibility index (Phi) is 1.67. The van der Waals surface area contributed by atoms with E-state index in [4.69, 9.17) is 4.74 Å². The molecule has 2 nitrogen and oxygen atoms in total.